The van der Waals surface area contributed by atoms with Crippen molar-refractivity contribution >= 4 is 17.3 Å². The topological polar surface area (TPSA) is 72.2 Å². The van der Waals surface area contributed by atoms with Crippen molar-refractivity contribution in [3.05, 3.63) is 70.9 Å². The van der Waals surface area contributed by atoms with Gasteiger partial charge in [0.15, 0.2) is 5.69 Å². The first-order valence-electron chi connectivity index (χ1n) is 8.04. The average Bonchev–Trinajstić information content (AvgIpc) is 3.17. The van der Waals surface area contributed by atoms with Crippen LogP contribution in [-0.4, -0.2) is 17.6 Å². The first kappa shape index (κ1) is 17.6. The quantitative estimate of drug-likeness (QED) is 0.605. The minimum Gasteiger partial charge on any atom is -0.489 e. The Kier molecular flexibility index (Phi) is 5.62. The molecule has 3 rings (SSSR count). The maximum Gasteiger partial charge on any atom is 0.358 e. The van der Waals surface area contributed by atoms with Crippen LogP contribution in [0.5, 0.6) is 5.75 Å². The Bertz CT molecular complexity index is 959. The molecule has 1 heterocycles. The standard InChI is InChI=1S/C20H16N2O3S/c1-2-24-20(23)18-19(26-13-22-18)16-7-4-8-17(10-16)25-12-15-6-3-5-14(9-15)11-21/h3-10,13H,2,12H2,1H3. The third kappa shape index (κ3) is 4.08. The fraction of sp³-hybridized carbons (Fsp3) is 0.150. The van der Waals surface area contributed by atoms with Gasteiger partial charge in [-0.1, -0.05) is 24.3 Å². The molecule has 3 aromatic rings. The number of carbonyl (C=O) groups is 1. The smallest absolute Gasteiger partial charge is 0.358 e. The Morgan fingerprint density at radius 1 is 1.23 bits per heavy atom. The van der Waals surface area contributed by atoms with Gasteiger partial charge in [0.1, 0.15) is 12.4 Å². The summed E-state index contributed by atoms with van der Waals surface area (Å²) in [6, 6.07) is 16.9. The summed E-state index contributed by atoms with van der Waals surface area (Å²) in [7, 11) is 0. The number of aromatic nitrogens is 1. The number of benzene rings is 2. The van der Waals surface area contributed by atoms with Crippen LogP contribution in [0.25, 0.3) is 10.4 Å². The molecule has 0 saturated heterocycles. The number of hydrogen-bond acceptors (Lipinski definition) is 6. The van der Waals surface area contributed by atoms with Crippen molar-refractivity contribution < 1.29 is 14.3 Å². The Hall–Kier alpha value is -3.17. The van der Waals surface area contributed by atoms with Crippen molar-refractivity contribution in [2.75, 3.05) is 6.61 Å². The van der Waals surface area contributed by atoms with Crippen molar-refractivity contribution in [3.63, 3.8) is 0 Å². The number of thiazole rings is 1. The van der Waals surface area contributed by atoms with E-state index in [0.717, 1.165) is 16.0 Å². The number of rotatable bonds is 6. The molecule has 0 saturated carbocycles. The fourth-order valence-corrected chi connectivity index (χ4v) is 3.19. The third-order valence-electron chi connectivity index (χ3n) is 3.59. The van der Waals surface area contributed by atoms with Crippen LogP contribution in [0.15, 0.2) is 54.0 Å². The predicted octanol–water partition coefficient (Wildman–Crippen LogP) is 4.44. The van der Waals surface area contributed by atoms with E-state index in [4.69, 9.17) is 14.7 Å². The molecule has 5 nitrogen and oxygen atoms in total. The summed E-state index contributed by atoms with van der Waals surface area (Å²) in [4.78, 5) is 16.9. The van der Waals surface area contributed by atoms with Gasteiger partial charge >= 0.3 is 5.97 Å². The average molecular weight is 364 g/mol. The molecule has 0 unspecified atom stereocenters. The summed E-state index contributed by atoms with van der Waals surface area (Å²) in [6.07, 6.45) is 0. The molecule has 0 spiro atoms. The molecule has 0 atom stereocenters. The normalized spacial score (nSPS) is 10.2. The molecule has 2 aromatic carbocycles. The molecule has 6 heteroatoms. The summed E-state index contributed by atoms with van der Waals surface area (Å²) in [5.41, 5.74) is 4.31. The molecule has 0 radical (unpaired) electrons. The molecule has 0 aliphatic carbocycles. The Balaban J connectivity index is 1.78. The number of nitriles is 1. The number of ether oxygens (including phenoxy) is 2. The van der Waals surface area contributed by atoms with Gasteiger partial charge in [-0.3, -0.25) is 0 Å². The van der Waals surface area contributed by atoms with Gasteiger partial charge in [0.2, 0.25) is 0 Å². The summed E-state index contributed by atoms with van der Waals surface area (Å²) >= 11 is 1.38. The highest BCUT2D eigenvalue weighted by Crippen LogP contribution is 2.31. The second kappa shape index (κ2) is 8.28. The van der Waals surface area contributed by atoms with Gasteiger partial charge in [-0.05, 0) is 42.3 Å². The number of hydrogen-bond donors (Lipinski definition) is 0. The van der Waals surface area contributed by atoms with Gasteiger partial charge in [-0.15, -0.1) is 11.3 Å². The maximum absolute atomic E-state index is 12.0. The summed E-state index contributed by atoms with van der Waals surface area (Å²) in [6.45, 7) is 2.42. The molecular formula is C20H16N2O3S. The predicted molar refractivity (Wildman–Crippen MR) is 99.0 cm³/mol. The molecule has 0 bridgehead atoms. The van der Waals surface area contributed by atoms with Crippen LogP contribution in [0.3, 0.4) is 0 Å². The lowest BCUT2D eigenvalue weighted by Crippen LogP contribution is -2.06. The van der Waals surface area contributed by atoms with E-state index in [0.29, 0.717) is 30.2 Å². The summed E-state index contributed by atoms with van der Waals surface area (Å²) in [5, 5.41) is 8.96. The molecule has 26 heavy (non-hydrogen) atoms. The highest BCUT2D eigenvalue weighted by atomic mass is 32.1. The minimum atomic E-state index is -0.427. The number of carbonyl (C=O) groups excluding carboxylic acids is 1. The zero-order chi connectivity index (χ0) is 18.4. The number of esters is 1. The Morgan fingerprint density at radius 2 is 2.08 bits per heavy atom. The van der Waals surface area contributed by atoms with Gasteiger partial charge in [0, 0.05) is 0 Å². The van der Waals surface area contributed by atoms with Gasteiger partial charge in [-0.2, -0.15) is 5.26 Å². The van der Waals surface area contributed by atoms with Crippen LogP contribution in [0.1, 0.15) is 28.5 Å². The van der Waals surface area contributed by atoms with Gasteiger partial charge in [0.25, 0.3) is 0 Å². The second-order valence-electron chi connectivity index (χ2n) is 5.38. The Morgan fingerprint density at radius 3 is 2.88 bits per heavy atom. The fourth-order valence-electron chi connectivity index (χ4n) is 2.42. The lowest BCUT2D eigenvalue weighted by atomic mass is 10.1. The van der Waals surface area contributed by atoms with Crippen molar-refractivity contribution in [1.29, 1.82) is 5.26 Å². The van der Waals surface area contributed by atoms with E-state index in [-0.39, 0.29) is 0 Å². The molecule has 0 aliphatic rings. The zero-order valence-corrected chi connectivity index (χ0v) is 15.0. The van der Waals surface area contributed by atoms with Crippen molar-refractivity contribution in [3.8, 4) is 22.3 Å². The first-order valence-corrected chi connectivity index (χ1v) is 8.92. The number of nitrogens with zero attached hydrogens (tertiary/aromatic N) is 2. The molecule has 0 fully saturated rings. The van der Waals surface area contributed by atoms with Gasteiger partial charge in [-0.25, -0.2) is 9.78 Å². The summed E-state index contributed by atoms with van der Waals surface area (Å²) in [5.74, 6) is 0.247. The van der Waals surface area contributed by atoms with Gasteiger partial charge in [0.05, 0.1) is 28.6 Å². The molecule has 130 valence electrons. The van der Waals surface area contributed by atoms with Crippen LogP contribution < -0.4 is 4.74 Å². The molecule has 0 aliphatic heterocycles. The van der Waals surface area contributed by atoms with Gasteiger partial charge < -0.3 is 9.47 Å². The van der Waals surface area contributed by atoms with E-state index in [1.165, 1.54) is 11.3 Å². The monoisotopic (exact) mass is 364 g/mol. The van der Waals surface area contributed by atoms with Crippen LogP contribution in [0.2, 0.25) is 0 Å². The second-order valence-corrected chi connectivity index (χ2v) is 6.23. The van der Waals surface area contributed by atoms with Crippen molar-refractivity contribution in [2.24, 2.45) is 0 Å². The minimum absolute atomic E-state index is 0.306. The third-order valence-corrected chi connectivity index (χ3v) is 4.47. The first-order chi connectivity index (χ1) is 12.7. The van der Waals surface area contributed by atoms with Crippen molar-refractivity contribution in [2.45, 2.75) is 13.5 Å². The largest absolute Gasteiger partial charge is 0.489 e. The molecule has 0 N–H and O–H groups in total. The van der Waals surface area contributed by atoms with Crippen LogP contribution >= 0.6 is 11.3 Å². The lowest BCUT2D eigenvalue weighted by Gasteiger charge is -2.08. The van der Waals surface area contributed by atoms with E-state index >= 15 is 0 Å². The molecular weight excluding hydrogens is 348 g/mol. The van der Waals surface area contributed by atoms with Crippen LogP contribution in [0.4, 0.5) is 0 Å². The van der Waals surface area contributed by atoms with E-state index in [1.807, 2.05) is 36.4 Å². The zero-order valence-electron chi connectivity index (χ0n) is 14.1. The molecule has 0 amide bonds. The maximum atomic E-state index is 12.0. The van der Waals surface area contributed by atoms with E-state index in [2.05, 4.69) is 11.1 Å². The Labute approximate surface area is 155 Å². The lowest BCUT2D eigenvalue weighted by molar-refractivity contribution is 0.0521. The van der Waals surface area contributed by atoms with E-state index in [9.17, 15) is 4.79 Å². The SMILES string of the molecule is CCOC(=O)c1ncsc1-c1cccc(OCc2cccc(C#N)c2)c1. The van der Waals surface area contributed by atoms with Crippen LogP contribution in [-0.2, 0) is 11.3 Å². The van der Waals surface area contributed by atoms with Crippen molar-refractivity contribution in [1.82, 2.24) is 4.98 Å². The van der Waals surface area contributed by atoms with Crippen LogP contribution in [0, 0.1) is 11.3 Å². The van der Waals surface area contributed by atoms with E-state index in [1.54, 1.807) is 24.6 Å². The molecule has 1 aromatic heterocycles. The highest BCUT2D eigenvalue weighted by Gasteiger charge is 2.17. The summed E-state index contributed by atoms with van der Waals surface area (Å²) < 4.78 is 10.9. The highest BCUT2D eigenvalue weighted by molar-refractivity contribution is 7.13. The van der Waals surface area contributed by atoms with E-state index < -0.39 is 5.97 Å².